The number of carboxylic acid groups (broad SMARTS) is 1. The van der Waals surface area contributed by atoms with Gasteiger partial charge in [0, 0.05) is 48.7 Å². The molecule has 3 aromatic rings. The van der Waals surface area contributed by atoms with Gasteiger partial charge in [-0.05, 0) is 53.6 Å². The maximum Gasteiger partial charge on any atom is 0.415 e. The van der Waals surface area contributed by atoms with Crippen molar-refractivity contribution in [2.75, 3.05) is 24.5 Å². The fourth-order valence-corrected chi connectivity index (χ4v) is 5.08. The molecule has 2 saturated heterocycles. The molecule has 1 amide bonds. The lowest BCUT2D eigenvalue weighted by Crippen LogP contribution is -2.46. The predicted molar refractivity (Wildman–Crippen MR) is 131 cm³/mol. The number of nitrogens with zero attached hydrogens (tertiary/aromatic N) is 2. The Morgan fingerprint density at radius 3 is 2.34 bits per heavy atom. The number of piperidine rings is 1. The molecular formula is C27H24ClFN2O4. The molecule has 2 aliphatic rings. The quantitative estimate of drug-likeness (QED) is 0.483. The highest BCUT2D eigenvalue weighted by Gasteiger charge is 2.47. The second-order valence-electron chi connectivity index (χ2n) is 9.09. The first-order chi connectivity index (χ1) is 16.8. The fraction of sp³-hybridized carbons (Fsp3) is 0.259. The number of aromatic carboxylic acids is 1. The number of likely N-dealkylation sites (tertiary alicyclic amines) is 1. The van der Waals surface area contributed by atoms with E-state index in [1.165, 1.54) is 24.3 Å². The van der Waals surface area contributed by atoms with Gasteiger partial charge in [0.2, 0.25) is 0 Å². The first kappa shape index (κ1) is 23.3. The zero-order valence-electron chi connectivity index (χ0n) is 18.9. The summed E-state index contributed by atoms with van der Waals surface area (Å²) in [4.78, 5) is 27.6. The topological polar surface area (TPSA) is 70.1 Å². The minimum absolute atomic E-state index is 0.176. The zero-order chi connectivity index (χ0) is 24.6. The van der Waals surface area contributed by atoms with E-state index in [0.717, 1.165) is 36.3 Å². The Hall–Kier alpha value is -3.42. The fourth-order valence-electron chi connectivity index (χ4n) is 4.76. The predicted octanol–water partition coefficient (Wildman–Crippen LogP) is 5.84. The van der Waals surface area contributed by atoms with Gasteiger partial charge < -0.3 is 9.84 Å². The van der Waals surface area contributed by atoms with E-state index in [-0.39, 0.29) is 11.4 Å². The number of carbonyl (C=O) groups is 2. The third-order valence-corrected chi connectivity index (χ3v) is 7.07. The van der Waals surface area contributed by atoms with Crippen LogP contribution in [0.3, 0.4) is 0 Å². The molecule has 0 saturated carbocycles. The summed E-state index contributed by atoms with van der Waals surface area (Å²) in [5, 5.41) is 9.70. The second kappa shape index (κ2) is 9.32. The van der Waals surface area contributed by atoms with E-state index in [1.807, 2.05) is 18.2 Å². The molecule has 2 fully saturated rings. The summed E-state index contributed by atoms with van der Waals surface area (Å²) in [5.41, 5.74) is 3.09. The number of ether oxygens (including phenoxy) is 1. The molecule has 35 heavy (non-hydrogen) atoms. The van der Waals surface area contributed by atoms with Gasteiger partial charge in [-0.15, -0.1) is 0 Å². The van der Waals surface area contributed by atoms with Crippen LogP contribution in [-0.4, -0.2) is 47.3 Å². The van der Waals surface area contributed by atoms with Crippen LogP contribution in [0.4, 0.5) is 14.9 Å². The highest BCUT2D eigenvalue weighted by atomic mass is 35.5. The molecule has 0 radical (unpaired) electrons. The third-order valence-electron chi connectivity index (χ3n) is 6.76. The Morgan fingerprint density at radius 2 is 1.71 bits per heavy atom. The molecule has 0 aromatic heterocycles. The van der Waals surface area contributed by atoms with Crippen molar-refractivity contribution >= 4 is 29.4 Å². The van der Waals surface area contributed by atoms with E-state index < -0.39 is 17.7 Å². The van der Waals surface area contributed by atoms with Crippen molar-refractivity contribution in [1.82, 2.24) is 4.90 Å². The molecule has 2 aliphatic heterocycles. The molecule has 3 aromatic carbocycles. The number of anilines is 1. The van der Waals surface area contributed by atoms with Gasteiger partial charge in [0.05, 0.1) is 12.1 Å². The Kier molecular flexibility index (Phi) is 6.21. The van der Waals surface area contributed by atoms with Crippen molar-refractivity contribution in [3.8, 4) is 11.1 Å². The normalized spacial score (nSPS) is 17.5. The van der Waals surface area contributed by atoms with Gasteiger partial charge in [0.25, 0.3) is 0 Å². The SMILES string of the molecule is O=C(O)c1ccc(N2CC3(CCN(Cc4ccc(-c5ccc(F)cc5)c(Cl)c4)CC3)OC2=O)cc1. The van der Waals surface area contributed by atoms with Gasteiger partial charge >= 0.3 is 12.1 Å². The molecule has 2 heterocycles. The number of halogens is 2. The molecule has 8 heteroatoms. The minimum atomic E-state index is -1.00. The van der Waals surface area contributed by atoms with Crippen LogP contribution in [0.15, 0.2) is 66.7 Å². The van der Waals surface area contributed by atoms with Crippen molar-refractivity contribution in [2.24, 2.45) is 0 Å². The zero-order valence-corrected chi connectivity index (χ0v) is 19.7. The van der Waals surface area contributed by atoms with Crippen molar-refractivity contribution in [3.05, 3.63) is 88.7 Å². The van der Waals surface area contributed by atoms with Crippen molar-refractivity contribution in [2.45, 2.75) is 25.0 Å². The van der Waals surface area contributed by atoms with Crippen LogP contribution in [0.5, 0.6) is 0 Å². The average Bonchev–Trinajstić information content (AvgIpc) is 3.17. The standard InChI is InChI=1S/C27H24ClFN2O4/c28-24-15-18(1-10-23(24)19-2-6-21(29)7-3-19)16-30-13-11-27(12-14-30)17-31(26(34)35-27)22-8-4-20(5-9-22)25(32)33/h1-10,15H,11-14,16-17H2,(H,32,33). The average molecular weight is 495 g/mol. The van der Waals surface area contributed by atoms with Gasteiger partial charge in [-0.2, -0.15) is 0 Å². The maximum atomic E-state index is 13.2. The third kappa shape index (κ3) is 4.88. The molecule has 0 bridgehead atoms. The van der Waals surface area contributed by atoms with E-state index in [0.29, 0.717) is 30.1 Å². The van der Waals surface area contributed by atoms with Gasteiger partial charge in [-0.3, -0.25) is 9.80 Å². The summed E-state index contributed by atoms with van der Waals surface area (Å²) in [6.07, 6.45) is 1.03. The number of hydrogen-bond donors (Lipinski definition) is 1. The Morgan fingerprint density at radius 1 is 1.03 bits per heavy atom. The molecule has 0 aliphatic carbocycles. The number of hydrogen-bond acceptors (Lipinski definition) is 4. The molecule has 180 valence electrons. The summed E-state index contributed by atoms with van der Waals surface area (Å²) in [6.45, 7) is 2.73. The van der Waals surface area contributed by atoms with E-state index in [1.54, 1.807) is 29.2 Å². The van der Waals surface area contributed by atoms with Crippen LogP contribution in [0.2, 0.25) is 5.02 Å². The Bertz CT molecular complexity index is 1260. The molecule has 1 spiro atoms. The van der Waals surface area contributed by atoms with Gasteiger partial charge in [-0.1, -0.05) is 35.9 Å². The van der Waals surface area contributed by atoms with E-state index in [4.69, 9.17) is 21.4 Å². The maximum absolute atomic E-state index is 13.2. The minimum Gasteiger partial charge on any atom is -0.478 e. The summed E-state index contributed by atoms with van der Waals surface area (Å²) in [6, 6.07) is 18.5. The first-order valence-electron chi connectivity index (χ1n) is 11.4. The van der Waals surface area contributed by atoms with Crippen molar-refractivity contribution in [1.29, 1.82) is 0 Å². The van der Waals surface area contributed by atoms with Gasteiger partial charge in [0.15, 0.2) is 0 Å². The first-order valence-corrected chi connectivity index (χ1v) is 11.8. The number of benzene rings is 3. The Balaban J connectivity index is 1.20. The van der Waals surface area contributed by atoms with Gasteiger partial charge in [-0.25, -0.2) is 14.0 Å². The number of carboxylic acids is 1. The largest absolute Gasteiger partial charge is 0.478 e. The van der Waals surface area contributed by atoms with Crippen LogP contribution in [0.1, 0.15) is 28.8 Å². The number of carbonyl (C=O) groups excluding carboxylic acids is 1. The van der Waals surface area contributed by atoms with E-state index >= 15 is 0 Å². The van der Waals surface area contributed by atoms with E-state index in [9.17, 15) is 14.0 Å². The van der Waals surface area contributed by atoms with Crippen LogP contribution in [-0.2, 0) is 11.3 Å². The molecular weight excluding hydrogens is 471 g/mol. The van der Waals surface area contributed by atoms with E-state index in [2.05, 4.69) is 4.90 Å². The lowest BCUT2D eigenvalue weighted by atomic mass is 9.91. The number of amides is 1. The van der Waals surface area contributed by atoms with Gasteiger partial charge in [0.1, 0.15) is 11.4 Å². The summed E-state index contributed by atoms with van der Waals surface area (Å²) in [7, 11) is 0. The van der Waals surface area contributed by atoms with Crippen molar-refractivity contribution in [3.63, 3.8) is 0 Å². The monoisotopic (exact) mass is 494 g/mol. The molecule has 1 N–H and O–H groups in total. The lowest BCUT2D eigenvalue weighted by Gasteiger charge is -2.37. The highest BCUT2D eigenvalue weighted by Crippen LogP contribution is 2.36. The highest BCUT2D eigenvalue weighted by molar-refractivity contribution is 6.33. The summed E-state index contributed by atoms with van der Waals surface area (Å²) in [5.74, 6) is -1.28. The summed E-state index contributed by atoms with van der Waals surface area (Å²) < 4.78 is 19.0. The smallest absolute Gasteiger partial charge is 0.415 e. The molecule has 5 rings (SSSR count). The van der Waals surface area contributed by atoms with Crippen LogP contribution in [0.25, 0.3) is 11.1 Å². The molecule has 0 unspecified atom stereocenters. The van der Waals surface area contributed by atoms with Crippen molar-refractivity contribution < 1.29 is 23.8 Å². The van der Waals surface area contributed by atoms with Crippen LogP contribution in [0, 0.1) is 5.82 Å². The molecule has 6 nitrogen and oxygen atoms in total. The molecule has 0 atom stereocenters. The Labute approximate surface area is 207 Å². The second-order valence-corrected chi connectivity index (χ2v) is 9.49. The summed E-state index contributed by atoms with van der Waals surface area (Å²) >= 11 is 6.53. The lowest BCUT2D eigenvalue weighted by molar-refractivity contribution is -0.000978. The van der Waals surface area contributed by atoms with Crippen LogP contribution < -0.4 is 4.90 Å². The number of rotatable bonds is 5. The van der Waals surface area contributed by atoms with Crippen LogP contribution >= 0.6 is 11.6 Å².